The molecule has 5 N–H and O–H groups in total. The number of ether oxygens (including phenoxy) is 1. The molecule has 1 atom stereocenters. The molecular formula is C22H22ClN5O6S. The van der Waals surface area contributed by atoms with Gasteiger partial charge in [-0.2, -0.15) is 0 Å². The predicted octanol–water partition coefficient (Wildman–Crippen LogP) is 1.74. The van der Waals surface area contributed by atoms with Gasteiger partial charge in [0.1, 0.15) is 24.3 Å². The Morgan fingerprint density at radius 1 is 1.14 bits per heavy atom. The average Bonchev–Trinajstić information content (AvgIpc) is 2.83. The minimum absolute atomic E-state index is 0.0313. The fraction of sp³-hybridized carbons (Fsp3) is 0.182. The summed E-state index contributed by atoms with van der Waals surface area (Å²) in [5, 5.41) is 15.3. The van der Waals surface area contributed by atoms with E-state index < -0.39 is 27.8 Å². The van der Waals surface area contributed by atoms with E-state index in [-0.39, 0.29) is 46.6 Å². The molecule has 35 heavy (non-hydrogen) atoms. The van der Waals surface area contributed by atoms with Crippen LogP contribution >= 0.6 is 11.6 Å². The second kappa shape index (κ2) is 11.2. The lowest BCUT2D eigenvalue weighted by atomic mass is 10.1. The van der Waals surface area contributed by atoms with Gasteiger partial charge in [-0.25, -0.2) is 18.4 Å². The SMILES string of the molecule is CS(=O)(=O)c1ccc(C(=O)Nc2cccnc2C(=O)Nc2ccc(Cl)cn2)c(OC[C@@H](O)CN)c1. The normalized spacial score (nSPS) is 12.0. The van der Waals surface area contributed by atoms with Gasteiger partial charge in [-0.3, -0.25) is 9.59 Å². The van der Waals surface area contributed by atoms with Crippen LogP contribution in [-0.4, -0.2) is 60.8 Å². The topological polar surface area (TPSA) is 174 Å². The van der Waals surface area contributed by atoms with Gasteiger partial charge in [-0.15, -0.1) is 0 Å². The molecule has 0 bridgehead atoms. The van der Waals surface area contributed by atoms with Crippen LogP contribution < -0.4 is 21.1 Å². The van der Waals surface area contributed by atoms with Crippen LogP contribution in [0.1, 0.15) is 20.8 Å². The quantitative estimate of drug-likeness (QED) is 0.328. The minimum atomic E-state index is -3.60. The summed E-state index contributed by atoms with van der Waals surface area (Å²) in [6.07, 6.45) is 2.73. The Balaban J connectivity index is 1.88. The van der Waals surface area contributed by atoms with Crippen LogP contribution in [0.25, 0.3) is 0 Å². The molecule has 11 nitrogen and oxygen atoms in total. The molecule has 0 aliphatic carbocycles. The van der Waals surface area contributed by atoms with Gasteiger partial charge in [0.15, 0.2) is 15.5 Å². The Morgan fingerprint density at radius 2 is 1.91 bits per heavy atom. The summed E-state index contributed by atoms with van der Waals surface area (Å²) in [6, 6.07) is 9.74. The largest absolute Gasteiger partial charge is 0.490 e. The fourth-order valence-electron chi connectivity index (χ4n) is 2.80. The molecule has 0 fully saturated rings. The van der Waals surface area contributed by atoms with Crippen molar-refractivity contribution in [2.75, 3.05) is 30.0 Å². The van der Waals surface area contributed by atoms with E-state index in [4.69, 9.17) is 22.1 Å². The van der Waals surface area contributed by atoms with Gasteiger partial charge in [0, 0.05) is 25.2 Å². The molecule has 0 saturated carbocycles. The van der Waals surface area contributed by atoms with E-state index >= 15 is 0 Å². The number of halogens is 1. The smallest absolute Gasteiger partial charge is 0.277 e. The van der Waals surface area contributed by atoms with E-state index in [0.717, 1.165) is 6.26 Å². The molecule has 0 aliphatic rings. The first-order valence-electron chi connectivity index (χ1n) is 10.1. The summed E-state index contributed by atoms with van der Waals surface area (Å²) in [5.74, 6) is -1.19. The lowest BCUT2D eigenvalue weighted by molar-refractivity contribution is 0.0996. The summed E-state index contributed by atoms with van der Waals surface area (Å²) in [7, 11) is -3.60. The van der Waals surface area contributed by atoms with Crippen molar-refractivity contribution in [1.82, 2.24) is 9.97 Å². The first-order chi connectivity index (χ1) is 16.6. The van der Waals surface area contributed by atoms with Crippen molar-refractivity contribution in [3.8, 4) is 5.75 Å². The maximum Gasteiger partial charge on any atom is 0.277 e. The van der Waals surface area contributed by atoms with E-state index in [0.29, 0.717) is 5.02 Å². The highest BCUT2D eigenvalue weighted by molar-refractivity contribution is 7.90. The number of hydrogen-bond acceptors (Lipinski definition) is 9. The minimum Gasteiger partial charge on any atom is -0.490 e. The molecule has 0 aliphatic heterocycles. The zero-order valence-corrected chi connectivity index (χ0v) is 20.0. The second-order valence-corrected chi connectivity index (χ2v) is 9.75. The molecule has 0 radical (unpaired) electrons. The van der Waals surface area contributed by atoms with Crippen LogP contribution in [0.5, 0.6) is 5.75 Å². The zero-order valence-electron chi connectivity index (χ0n) is 18.4. The number of nitrogens with zero attached hydrogens (tertiary/aromatic N) is 2. The van der Waals surface area contributed by atoms with E-state index in [1.807, 2.05) is 0 Å². The lowest BCUT2D eigenvalue weighted by Crippen LogP contribution is -2.27. The molecule has 3 rings (SSSR count). The molecule has 2 amide bonds. The van der Waals surface area contributed by atoms with E-state index in [2.05, 4.69) is 20.6 Å². The molecule has 13 heteroatoms. The number of benzene rings is 1. The fourth-order valence-corrected chi connectivity index (χ4v) is 3.54. The van der Waals surface area contributed by atoms with E-state index in [1.54, 1.807) is 6.07 Å². The van der Waals surface area contributed by atoms with Crippen LogP contribution in [0.2, 0.25) is 5.02 Å². The van der Waals surface area contributed by atoms with Crippen molar-refractivity contribution in [3.63, 3.8) is 0 Å². The molecule has 0 unspecified atom stereocenters. The van der Waals surface area contributed by atoms with Crippen molar-refractivity contribution < 1.29 is 27.9 Å². The maximum absolute atomic E-state index is 13.1. The van der Waals surface area contributed by atoms with Crippen molar-refractivity contribution in [3.05, 3.63) is 71.1 Å². The van der Waals surface area contributed by atoms with Gasteiger partial charge in [0.05, 0.1) is 21.2 Å². The lowest BCUT2D eigenvalue weighted by Gasteiger charge is -2.16. The van der Waals surface area contributed by atoms with Crippen molar-refractivity contribution >= 4 is 44.8 Å². The number of aliphatic hydroxyl groups excluding tert-OH is 1. The van der Waals surface area contributed by atoms with E-state index in [1.165, 1.54) is 48.8 Å². The molecule has 0 saturated heterocycles. The number of sulfone groups is 1. The van der Waals surface area contributed by atoms with Gasteiger partial charge >= 0.3 is 0 Å². The third-order valence-electron chi connectivity index (χ3n) is 4.57. The van der Waals surface area contributed by atoms with Crippen LogP contribution in [0.15, 0.2) is 59.8 Å². The monoisotopic (exact) mass is 519 g/mol. The first kappa shape index (κ1) is 26.0. The van der Waals surface area contributed by atoms with Crippen LogP contribution in [0, 0.1) is 0 Å². The number of pyridine rings is 2. The Kier molecular flexibility index (Phi) is 8.35. The van der Waals surface area contributed by atoms with Gasteiger partial charge < -0.3 is 26.2 Å². The highest BCUT2D eigenvalue weighted by Crippen LogP contribution is 2.25. The Hall–Kier alpha value is -3.58. The van der Waals surface area contributed by atoms with Gasteiger partial charge in [-0.1, -0.05) is 11.6 Å². The highest BCUT2D eigenvalue weighted by atomic mass is 35.5. The van der Waals surface area contributed by atoms with Crippen LogP contribution in [0.4, 0.5) is 11.5 Å². The predicted molar refractivity (Wildman–Crippen MR) is 129 cm³/mol. The highest BCUT2D eigenvalue weighted by Gasteiger charge is 2.21. The molecule has 1 aromatic carbocycles. The molecule has 184 valence electrons. The average molecular weight is 520 g/mol. The first-order valence-corrected chi connectivity index (χ1v) is 12.4. The third-order valence-corrected chi connectivity index (χ3v) is 5.90. The van der Waals surface area contributed by atoms with Crippen molar-refractivity contribution in [1.29, 1.82) is 0 Å². The molecular weight excluding hydrogens is 498 g/mol. The summed E-state index contributed by atoms with van der Waals surface area (Å²) in [6.45, 7) is -0.359. The standard InChI is InChI=1S/C22H22ClN5O6S/c1-35(32,33)15-5-6-16(18(9-15)34-12-14(29)10-24)21(30)27-17-3-2-8-25-20(17)22(31)28-19-7-4-13(23)11-26-19/h2-9,11,14,29H,10,12,24H2,1H3,(H,27,30)(H,26,28,31)/t14-/m0/s1. The Labute approximate surface area is 206 Å². The summed E-state index contributed by atoms with van der Waals surface area (Å²) in [4.78, 5) is 33.8. The number of carbonyl (C=O) groups excluding carboxylic acids is 2. The van der Waals surface area contributed by atoms with Gasteiger partial charge in [0.2, 0.25) is 0 Å². The van der Waals surface area contributed by atoms with Crippen LogP contribution in [-0.2, 0) is 9.84 Å². The number of rotatable bonds is 9. The number of nitrogens with one attached hydrogen (secondary N) is 2. The van der Waals surface area contributed by atoms with E-state index in [9.17, 15) is 23.1 Å². The van der Waals surface area contributed by atoms with Crippen molar-refractivity contribution in [2.45, 2.75) is 11.0 Å². The number of hydrogen-bond donors (Lipinski definition) is 4. The van der Waals surface area contributed by atoms with Crippen LogP contribution in [0.3, 0.4) is 0 Å². The number of anilines is 2. The summed E-state index contributed by atoms with van der Waals surface area (Å²) >= 11 is 5.80. The summed E-state index contributed by atoms with van der Waals surface area (Å²) < 4.78 is 29.4. The Bertz CT molecular complexity index is 1330. The van der Waals surface area contributed by atoms with Gasteiger partial charge in [0.25, 0.3) is 11.8 Å². The Morgan fingerprint density at radius 3 is 2.57 bits per heavy atom. The summed E-state index contributed by atoms with van der Waals surface area (Å²) in [5.41, 5.74) is 5.35. The molecule has 2 aromatic heterocycles. The zero-order chi connectivity index (χ0) is 25.6. The molecule has 3 aromatic rings. The molecule has 2 heterocycles. The number of aliphatic hydroxyl groups is 1. The van der Waals surface area contributed by atoms with Crippen molar-refractivity contribution in [2.24, 2.45) is 5.73 Å². The van der Waals surface area contributed by atoms with Gasteiger partial charge in [-0.05, 0) is 42.5 Å². The second-order valence-electron chi connectivity index (χ2n) is 7.30. The third kappa shape index (κ3) is 6.96. The number of amides is 2. The number of aromatic nitrogens is 2. The number of carbonyl (C=O) groups is 2. The maximum atomic E-state index is 13.1. The number of nitrogens with two attached hydrogens (primary N) is 1. The molecule has 0 spiro atoms.